The van der Waals surface area contributed by atoms with E-state index in [4.69, 9.17) is 15.2 Å². The van der Waals surface area contributed by atoms with Crippen LogP contribution in [-0.4, -0.2) is 18.4 Å². The summed E-state index contributed by atoms with van der Waals surface area (Å²) in [5.74, 6) is -0.911. The summed E-state index contributed by atoms with van der Waals surface area (Å²) in [6.45, 7) is 6.99. The van der Waals surface area contributed by atoms with Crippen LogP contribution in [0.15, 0.2) is 47.1 Å². The molecular formula is C18H21NO4. The summed E-state index contributed by atoms with van der Waals surface area (Å²) in [6.07, 6.45) is 0. The van der Waals surface area contributed by atoms with Crippen molar-refractivity contribution in [2.45, 2.75) is 33.6 Å². The maximum absolute atomic E-state index is 12.4. The monoisotopic (exact) mass is 315 g/mol. The Bertz CT molecular complexity index is 715. The Morgan fingerprint density at radius 3 is 2.43 bits per heavy atom. The molecule has 0 saturated heterocycles. The van der Waals surface area contributed by atoms with E-state index in [2.05, 4.69) is 0 Å². The van der Waals surface area contributed by atoms with Crippen LogP contribution in [0, 0.1) is 6.92 Å². The van der Waals surface area contributed by atoms with Gasteiger partial charge in [0.1, 0.15) is 11.3 Å². The Balaban J connectivity index is 2.69. The van der Waals surface area contributed by atoms with Gasteiger partial charge in [0.25, 0.3) is 0 Å². The highest BCUT2D eigenvalue weighted by Crippen LogP contribution is 2.41. The third kappa shape index (κ3) is 3.13. The van der Waals surface area contributed by atoms with Gasteiger partial charge in [-0.1, -0.05) is 24.3 Å². The zero-order valence-corrected chi connectivity index (χ0v) is 13.8. The van der Waals surface area contributed by atoms with Gasteiger partial charge in [-0.25, -0.2) is 4.79 Å². The number of carbonyl (C=O) groups is 2. The van der Waals surface area contributed by atoms with Crippen molar-refractivity contribution in [3.63, 3.8) is 0 Å². The van der Waals surface area contributed by atoms with E-state index in [1.165, 1.54) is 6.92 Å². The van der Waals surface area contributed by atoms with Crippen LogP contribution < -0.4 is 5.73 Å². The van der Waals surface area contributed by atoms with Crippen molar-refractivity contribution in [3.8, 4) is 0 Å². The molecule has 0 bridgehead atoms. The van der Waals surface area contributed by atoms with Gasteiger partial charge in [0, 0.05) is 5.57 Å². The molecule has 0 radical (unpaired) electrons. The van der Waals surface area contributed by atoms with E-state index in [0.29, 0.717) is 11.3 Å². The molecule has 122 valence electrons. The molecular weight excluding hydrogens is 294 g/mol. The highest BCUT2D eigenvalue weighted by atomic mass is 16.5. The van der Waals surface area contributed by atoms with Crippen LogP contribution in [-0.2, 0) is 19.1 Å². The van der Waals surface area contributed by atoms with Gasteiger partial charge in [0.2, 0.25) is 5.88 Å². The van der Waals surface area contributed by atoms with Gasteiger partial charge in [-0.15, -0.1) is 0 Å². The Labute approximate surface area is 135 Å². The van der Waals surface area contributed by atoms with Crippen molar-refractivity contribution >= 4 is 11.8 Å². The zero-order valence-electron chi connectivity index (χ0n) is 13.8. The predicted molar refractivity (Wildman–Crippen MR) is 86.2 cm³/mol. The van der Waals surface area contributed by atoms with Gasteiger partial charge in [-0.05, 0) is 38.8 Å². The Hall–Kier alpha value is -2.56. The van der Waals surface area contributed by atoms with E-state index in [0.717, 1.165) is 11.1 Å². The molecule has 0 fully saturated rings. The molecule has 2 N–H and O–H groups in total. The molecule has 0 aromatic heterocycles. The third-order valence-corrected chi connectivity index (χ3v) is 3.86. The molecule has 1 aliphatic heterocycles. The van der Waals surface area contributed by atoms with Crippen LogP contribution in [0.4, 0.5) is 0 Å². The summed E-state index contributed by atoms with van der Waals surface area (Å²) in [5.41, 5.74) is 8.36. The van der Waals surface area contributed by atoms with Crippen molar-refractivity contribution in [2.24, 2.45) is 5.73 Å². The molecule has 0 spiro atoms. The van der Waals surface area contributed by atoms with E-state index >= 15 is 0 Å². The summed E-state index contributed by atoms with van der Waals surface area (Å²) in [7, 11) is 0. The molecule has 5 nitrogen and oxygen atoms in total. The number of allylic oxidation sites excluding steroid dienone is 2. The zero-order chi connectivity index (χ0) is 17.1. The number of Topliss-reactive ketones (excluding diaryl/α,β-unsaturated/α-hetero) is 1. The van der Waals surface area contributed by atoms with E-state index in [-0.39, 0.29) is 23.8 Å². The summed E-state index contributed by atoms with van der Waals surface area (Å²) in [4.78, 5) is 24.6. The number of esters is 1. The summed E-state index contributed by atoms with van der Waals surface area (Å²) in [5, 5.41) is 0. The van der Waals surface area contributed by atoms with Crippen molar-refractivity contribution in [1.82, 2.24) is 0 Å². The molecule has 1 aromatic carbocycles. The first-order valence-electron chi connectivity index (χ1n) is 7.50. The number of hydrogen-bond acceptors (Lipinski definition) is 5. The molecule has 5 heteroatoms. The van der Waals surface area contributed by atoms with Crippen LogP contribution in [0.3, 0.4) is 0 Å². The smallest absolute Gasteiger partial charge is 0.340 e. The minimum atomic E-state index is -0.582. The average Bonchev–Trinajstić information content (AvgIpc) is 2.46. The molecule has 1 atom stereocenters. The lowest BCUT2D eigenvalue weighted by Crippen LogP contribution is -2.29. The Morgan fingerprint density at radius 2 is 1.87 bits per heavy atom. The van der Waals surface area contributed by atoms with E-state index in [1.54, 1.807) is 13.8 Å². The molecule has 0 unspecified atom stereocenters. The molecule has 2 rings (SSSR count). The molecule has 1 heterocycles. The minimum absolute atomic E-state index is 0.0146. The number of carbonyl (C=O) groups excluding carboxylic acids is 2. The standard InChI is InChI=1S/C18H21NO4/c1-5-22-18(21)16-15(13-9-7-6-8-10(13)2)14(11(3)20)12(4)23-17(16)19/h6-9,15H,5,19H2,1-4H3/t15-/m0/s1. The molecule has 0 amide bonds. The fourth-order valence-electron chi connectivity index (χ4n) is 2.86. The van der Waals surface area contributed by atoms with Gasteiger partial charge in [0.05, 0.1) is 12.5 Å². The number of nitrogens with two attached hydrogens (primary N) is 1. The fraction of sp³-hybridized carbons (Fsp3) is 0.333. The average molecular weight is 315 g/mol. The summed E-state index contributed by atoms with van der Waals surface area (Å²) in [6, 6.07) is 7.58. The van der Waals surface area contributed by atoms with E-state index in [9.17, 15) is 9.59 Å². The van der Waals surface area contributed by atoms with Gasteiger partial charge in [-0.3, -0.25) is 4.79 Å². The van der Waals surface area contributed by atoms with Crippen LogP contribution in [0.25, 0.3) is 0 Å². The first kappa shape index (κ1) is 16.8. The van der Waals surface area contributed by atoms with Crippen LogP contribution in [0.5, 0.6) is 0 Å². The van der Waals surface area contributed by atoms with Gasteiger partial charge in [-0.2, -0.15) is 0 Å². The lowest BCUT2D eigenvalue weighted by Gasteiger charge is -2.29. The highest BCUT2D eigenvalue weighted by Gasteiger charge is 2.38. The number of ether oxygens (including phenoxy) is 2. The van der Waals surface area contributed by atoms with Crippen molar-refractivity contribution < 1.29 is 19.1 Å². The number of rotatable bonds is 4. The lowest BCUT2D eigenvalue weighted by molar-refractivity contribution is -0.139. The normalized spacial score (nSPS) is 17.8. The van der Waals surface area contributed by atoms with Crippen LogP contribution in [0.1, 0.15) is 37.8 Å². The first-order valence-corrected chi connectivity index (χ1v) is 7.50. The first-order chi connectivity index (χ1) is 10.9. The van der Waals surface area contributed by atoms with Crippen molar-refractivity contribution in [3.05, 3.63) is 58.2 Å². The maximum Gasteiger partial charge on any atom is 0.340 e. The topological polar surface area (TPSA) is 78.6 Å². The Kier molecular flexibility index (Phi) is 4.89. The van der Waals surface area contributed by atoms with Crippen LogP contribution >= 0.6 is 0 Å². The second-order valence-electron chi connectivity index (χ2n) is 5.42. The van der Waals surface area contributed by atoms with E-state index in [1.807, 2.05) is 31.2 Å². The van der Waals surface area contributed by atoms with Crippen molar-refractivity contribution in [1.29, 1.82) is 0 Å². The molecule has 0 saturated carbocycles. The SMILES string of the molecule is CCOC(=O)C1=C(N)OC(C)=C(C(C)=O)[C@@H]1c1ccccc1C. The van der Waals surface area contributed by atoms with E-state index < -0.39 is 11.9 Å². The second-order valence-corrected chi connectivity index (χ2v) is 5.42. The fourth-order valence-corrected chi connectivity index (χ4v) is 2.86. The van der Waals surface area contributed by atoms with Crippen molar-refractivity contribution in [2.75, 3.05) is 6.61 Å². The summed E-state index contributed by atoms with van der Waals surface area (Å²) < 4.78 is 10.6. The highest BCUT2D eigenvalue weighted by molar-refractivity contribution is 6.01. The van der Waals surface area contributed by atoms with Gasteiger partial charge < -0.3 is 15.2 Å². The third-order valence-electron chi connectivity index (χ3n) is 3.86. The molecule has 0 aliphatic carbocycles. The number of benzene rings is 1. The Morgan fingerprint density at radius 1 is 1.22 bits per heavy atom. The minimum Gasteiger partial charge on any atom is -0.462 e. The number of hydrogen-bond donors (Lipinski definition) is 1. The maximum atomic E-state index is 12.4. The van der Waals surface area contributed by atoms with Crippen LogP contribution in [0.2, 0.25) is 0 Å². The quantitative estimate of drug-likeness (QED) is 0.864. The largest absolute Gasteiger partial charge is 0.462 e. The second kappa shape index (κ2) is 6.69. The number of aryl methyl sites for hydroxylation is 1. The summed E-state index contributed by atoms with van der Waals surface area (Å²) >= 11 is 0. The molecule has 1 aromatic rings. The van der Waals surface area contributed by atoms with Gasteiger partial charge >= 0.3 is 5.97 Å². The predicted octanol–water partition coefficient (Wildman–Crippen LogP) is 2.71. The lowest BCUT2D eigenvalue weighted by atomic mass is 9.79. The number of ketones is 1. The molecule has 23 heavy (non-hydrogen) atoms. The molecule has 1 aliphatic rings. The van der Waals surface area contributed by atoms with Gasteiger partial charge in [0.15, 0.2) is 5.78 Å².